The molecule has 3 heteroatoms. The highest BCUT2D eigenvalue weighted by Gasteiger charge is 2.40. The molecule has 0 aromatic carbocycles. The van der Waals surface area contributed by atoms with Crippen molar-refractivity contribution in [3.05, 3.63) is 130 Å². The summed E-state index contributed by atoms with van der Waals surface area (Å²) in [5.74, 6) is 0. The largest absolute Gasteiger partial charge is 0.392 e. The third-order valence-corrected chi connectivity index (χ3v) is 8.84. The van der Waals surface area contributed by atoms with Crippen LogP contribution in [-0.2, 0) is 0 Å². The summed E-state index contributed by atoms with van der Waals surface area (Å²) >= 11 is 0. The Morgan fingerprint density at radius 3 is 1.51 bits per heavy atom. The Balaban J connectivity index is 1.92. The number of hydrogen-bond donors (Lipinski definition) is 3. The average Bonchev–Trinajstić information content (AvgIpc) is 2.92. The van der Waals surface area contributed by atoms with Gasteiger partial charge >= 0.3 is 0 Å². The maximum absolute atomic E-state index is 10.4. The number of hydrogen-bond acceptors (Lipinski definition) is 3. The van der Waals surface area contributed by atoms with Gasteiger partial charge in [0.2, 0.25) is 0 Å². The van der Waals surface area contributed by atoms with Gasteiger partial charge in [0.25, 0.3) is 0 Å². The van der Waals surface area contributed by atoms with Crippen LogP contribution in [-0.4, -0.2) is 33.6 Å². The van der Waals surface area contributed by atoms with E-state index in [2.05, 4.69) is 121 Å². The first kappa shape index (κ1) is 36.2. The SMILES string of the molecule is CC(C=CC=C(C)C=CC1=C(C)CCC(O)C1(C)C)=CC=CC=C(C)C=CC=C(C)C=CC1=C(C)CC(O)C(O)C1(C)C. The summed E-state index contributed by atoms with van der Waals surface area (Å²) in [5.41, 5.74) is 8.76. The molecule has 234 valence electrons. The highest BCUT2D eigenvalue weighted by Crippen LogP contribution is 2.42. The van der Waals surface area contributed by atoms with Crippen LogP contribution in [0.3, 0.4) is 0 Å². The minimum atomic E-state index is -0.761. The van der Waals surface area contributed by atoms with E-state index in [0.29, 0.717) is 6.42 Å². The number of aliphatic hydroxyl groups excluding tert-OH is 3. The topological polar surface area (TPSA) is 60.7 Å². The lowest BCUT2D eigenvalue weighted by atomic mass is 9.69. The summed E-state index contributed by atoms with van der Waals surface area (Å²) in [7, 11) is 0. The van der Waals surface area contributed by atoms with Crippen LogP contribution in [0.1, 0.15) is 88.5 Å². The Morgan fingerprint density at radius 1 is 0.605 bits per heavy atom. The summed E-state index contributed by atoms with van der Waals surface area (Å²) in [6.45, 7) is 20.8. The molecule has 2 rings (SSSR count). The van der Waals surface area contributed by atoms with E-state index in [-0.39, 0.29) is 11.5 Å². The second-order valence-electron chi connectivity index (χ2n) is 13.5. The maximum Gasteiger partial charge on any atom is 0.0893 e. The van der Waals surface area contributed by atoms with Crippen molar-refractivity contribution < 1.29 is 15.3 Å². The van der Waals surface area contributed by atoms with Crippen LogP contribution in [0.15, 0.2) is 130 Å². The molecule has 0 saturated heterocycles. The molecule has 0 radical (unpaired) electrons. The fourth-order valence-electron chi connectivity index (χ4n) is 5.79. The normalized spacial score (nSPS) is 26.5. The summed E-state index contributed by atoms with van der Waals surface area (Å²) in [5, 5.41) is 31.0. The third-order valence-electron chi connectivity index (χ3n) is 8.84. The Bertz CT molecular complexity index is 1330. The zero-order valence-electron chi connectivity index (χ0n) is 28.3. The van der Waals surface area contributed by atoms with Crippen LogP contribution in [0, 0.1) is 10.8 Å². The molecule has 3 unspecified atom stereocenters. The Kier molecular flexibility index (Phi) is 13.6. The predicted octanol–water partition coefficient (Wildman–Crippen LogP) is 9.52. The standard InChI is InChI=1S/C40H56O3/c1-28(17-13-19-30(3)21-24-34-32(5)23-26-37(42)39(34,7)8)15-11-12-16-29(2)18-14-20-31(4)22-25-35-33(6)27-36(41)38(43)40(35,9)10/h11-22,24-25,36-38,41-43H,23,26-27H2,1-10H3. The van der Waals surface area contributed by atoms with E-state index in [9.17, 15) is 15.3 Å². The van der Waals surface area contributed by atoms with Gasteiger partial charge in [-0.25, -0.2) is 0 Å². The van der Waals surface area contributed by atoms with E-state index < -0.39 is 17.6 Å². The van der Waals surface area contributed by atoms with Crippen molar-refractivity contribution in [3.8, 4) is 0 Å². The molecule has 0 bridgehead atoms. The van der Waals surface area contributed by atoms with Gasteiger partial charge in [-0.3, -0.25) is 0 Å². The van der Waals surface area contributed by atoms with Gasteiger partial charge in [0.15, 0.2) is 0 Å². The fraction of sp³-hybridized carbons (Fsp3) is 0.450. The molecule has 0 spiro atoms. The Labute approximate surface area is 262 Å². The first-order chi connectivity index (χ1) is 20.1. The molecule has 0 fully saturated rings. The lowest BCUT2D eigenvalue weighted by Gasteiger charge is -2.40. The first-order valence-electron chi connectivity index (χ1n) is 15.6. The van der Waals surface area contributed by atoms with Crippen molar-refractivity contribution in [2.24, 2.45) is 10.8 Å². The van der Waals surface area contributed by atoms with Gasteiger partial charge in [0, 0.05) is 10.8 Å². The summed E-state index contributed by atoms with van der Waals surface area (Å²) in [6, 6.07) is 0. The summed E-state index contributed by atoms with van der Waals surface area (Å²) < 4.78 is 0. The zero-order valence-corrected chi connectivity index (χ0v) is 28.3. The summed E-state index contributed by atoms with van der Waals surface area (Å²) in [6.07, 6.45) is 29.8. The lowest BCUT2D eigenvalue weighted by Crippen LogP contribution is -2.44. The van der Waals surface area contributed by atoms with E-state index in [4.69, 9.17) is 0 Å². The molecule has 0 aromatic heterocycles. The smallest absolute Gasteiger partial charge is 0.0893 e. The highest BCUT2D eigenvalue weighted by atomic mass is 16.3. The van der Waals surface area contributed by atoms with Crippen LogP contribution in [0.25, 0.3) is 0 Å². The number of aliphatic hydroxyl groups is 3. The van der Waals surface area contributed by atoms with Gasteiger partial charge in [-0.1, -0.05) is 146 Å². The highest BCUT2D eigenvalue weighted by molar-refractivity contribution is 5.40. The molecule has 0 amide bonds. The molecule has 43 heavy (non-hydrogen) atoms. The van der Waals surface area contributed by atoms with Crippen LogP contribution in [0.4, 0.5) is 0 Å². The van der Waals surface area contributed by atoms with Gasteiger partial charge in [-0.15, -0.1) is 0 Å². The number of rotatable bonds is 10. The second kappa shape index (κ2) is 16.2. The minimum absolute atomic E-state index is 0.210. The van der Waals surface area contributed by atoms with Crippen molar-refractivity contribution in [2.75, 3.05) is 0 Å². The van der Waals surface area contributed by atoms with Gasteiger partial charge in [-0.2, -0.15) is 0 Å². The van der Waals surface area contributed by atoms with Crippen molar-refractivity contribution in [3.63, 3.8) is 0 Å². The summed E-state index contributed by atoms with van der Waals surface area (Å²) in [4.78, 5) is 0. The Hall–Kier alpha value is -2.98. The van der Waals surface area contributed by atoms with Gasteiger partial charge in [0.05, 0.1) is 18.3 Å². The molecule has 0 aliphatic heterocycles. The van der Waals surface area contributed by atoms with Crippen LogP contribution < -0.4 is 0 Å². The molecule has 3 atom stereocenters. The van der Waals surface area contributed by atoms with Crippen LogP contribution in [0.5, 0.6) is 0 Å². The van der Waals surface area contributed by atoms with Gasteiger partial charge < -0.3 is 15.3 Å². The quantitative estimate of drug-likeness (QED) is 0.224. The van der Waals surface area contributed by atoms with Crippen molar-refractivity contribution in [2.45, 2.75) is 107 Å². The number of allylic oxidation sites excluding steroid dienone is 19. The molecule has 3 N–H and O–H groups in total. The maximum atomic E-state index is 10.4. The molecular weight excluding hydrogens is 528 g/mol. The van der Waals surface area contributed by atoms with E-state index in [1.165, 1.54) is 22.3 Å². The van der Waals surface area contributed by atoms with Gasteiger partial charge in [0.1, 0.15) is 0 Å². The average molecular weight is 585 g/mol. The third kappa shape index (κ3) is 10.6. The Morgan fingerprint density at radius 2 is 1.02 bits per heavy atom. The molecule has 0 aromatic rings. The van der Waals surface area contributed by atoms with E-state index in [0.717, 1.165) is 35.1 Å². The molecule has 3 nitrogen and oxygen atoms in total. The van der Waals surface area contributed by atoms with Crippen molar-refractivity contribution >= 4 is 0 Å². The van der Waals surface area contributed by atoms with Crippen LogP contribution >= 0.6 is 0 Å². The monoisotopic (exact) mass is 584 g/mol. The van der Waals surface area contributed by atoms with Crippen molar-refractivity contribution in [1.29, 1.82) is 0 Å². The fourth-order valence-corrected chi connectivity index (χ4v) is 5.79. The first-order valence-corrected chi connectivity index (χ1v) is 15.6. The minimum Gasteiger partial charge on any atom is -0.392 e. The predicted molar refractivity (Wildman–Crippen MR) is 186 cm³/mol. The van der Waals surface area contributed by atoms with E-state index in [1.807, 2.05) is 32.9 Å². The molecule has 0 saturated carbocycles. The zero-order chi connectivity index (χ0) is 32.4. The molecule has 2 aliphatic rings. The van der Waals surface area contributed by atoms with E-state index in [1.54, 1.807) is 0 Å². The van der Waals surface area contributed by atoms with Crippen molar-refractivity contribution in [1.82, 2.24) is 0 Å². The molecule has 0 heterocycles. The second-order valence-corrected chi connectivity index (χ2v) is 13.5. The lowest BCUT2D eigenvalue weighted by molar-refractivity contribution is -0.0439. The molecular formula is C40H56O3. The van der Waals surface area contributed by atoms with Crippen LogP contribution in [0.2, 0.25) is 0 Å². The van der Waals surface area contributed by atoms with Gasteiger partial charge in [-0.05, 0) is 72.0 Å². The van der Waals surface area contributed by atoms with E-state index >= 15 is 0 Å². The molecule has 2 aliphatic carbocycles.